The molecule has 0 bridgehead atoms. The molecule has 2 aromatic rings. The minimum Gasteiger partial charge on any atom is -0.354 e. The maximum Gasteiger partial charge on any atom is 0.135 e. The summed E-state index contributed by atoms with van der Waals surface area (Å²) in [4.78, 5) is 16.8. The zero-order valence-electron chi connectivity index (χ0n) is 17.1. The summed E-state index contributed by atoms with van der Waals surface area (Å²) in [7, 11) is 0. The number of hydrogen-bond donors (Lipinski definition) is 0. The quantitative estimate of drug-likeness (QED) is 0.796. The van der Waals surface area contributed by atoms with Gasteiger partial charge in [-0.3, -0.25) is 9.80 Å². The van der Waals surface area contributed by atoms with Gasteiger partial charge in [0.2, 0.25) is 0 Å². The highest BCUT2D eigenvalue weighted by molar-refractivity contribution is 5.50. The number of hydrogen-bond acceptors (Lipinski definition) is 5. The summed E-state index contributed by atoms with van der Waals surface area (Å²) >= 11 is 0. The van der Waals surface area contributed by atoms with E-state index in [2.05, 4.69) is 19.7 Å². The molecule has 0 N–H and O–H groups in total. The van der Waals surface area contributed by atoms with Crippen molar-refractivity contribution in [2.75, 3.05) is 44.2 Å². The third kappa shape index (κ3) is 4.01. The molecule has 1 aliphatic carbocycles. The van der Waals surface area contributed by atoms with Crippen LogP contribution in [0, 0.1) is 5.82 Å². The molecule has 0 radical (unpaired) electrons. The largest absolute Gasteiger partial charge is 0.354 e. The minimum atomic E-state index is -0.112. The number of aromatic nitrogens is 2. The molecule has 0 amide bonds. The lowest BCUT2D eigenvalue weighted by molar-refractivity contribution is 0.120. The van der Waals surface area contributed by atoms with E-state index in [1.54, 1.807) is 18.5 Å². The zero-order chi connectivity index (χ0) is 19.6. The van der Waals surface area contributed by atoms with E-state index in [9.17, 15) is 4.39 Å². The Bertz CT molecular complexity index is 845. The predicted molar refractivity (Wildman–Crippen MR) is 113 cm³/mol. The average Bonchev–Trinajstić information content (AvgIpc) is 2.92. The summed E-state index contributed by atoms with van der Waals surface area (Å²) in [5.41, 5.74) is 3.25. The Balaban J connectivity index is 1.26. The molecule has 2 aliphatic heterocycles. The number of halogens is 1. The lowest BCUT2D eigenvalue weighted by Gasteiger charge is -2.43. The van der Waals surface area contributed by atoms with Crippen molar-refractivity contribution in [3.8, 4) is 0 Å². The van der Waals surface area contributed by atoms with Crippen LogP contribution < -0.4 is 4.90 Å². The van der Waals surface area contributed by atoms with Crippen LogP contribution in [0.5, 0.6) is 0 Å². The Hall–Kier alpha value is -2.05. The summed E-state index contributed by atoms with van der Waals surface area (Å²) in [5, 5.41) is 0. The monoisotopic (exact) mass is 395 g/mol. The van der Waals surface area contributed by atoms with E-state index in [4.69, 9.17) is 4.98 Å². The lowest BCUT2D eigenvalue weighted by Crippen LogP contribution is -2.52. The van der Waals surface area contributed by atoms with Crippen molar-refractivity contribution in [2.24, 2.45) is 0 Å². The van der Waals surface area contributed by atoms with Gasteiger partial charge in [-0.05, 0) is 25.3 Å². The fraction of sp³-hybridized carbons (Fsp3) is 0.565. The van der Waals surface area contributed by atoms with Crippen molar-refractivity contribution in [1.29, 1.82) is 0 Å². The van der Waals surface area contributed by atoms with E-state index >= 15 is 0 Å². The second-order valence-corrected chi connectivity index (χ2v) is 8.60. The van der Waals surface area contributed by atoms with Gasteiger partial charge in [-0.1, -0.05) is 24.6 Å². The topological polar surface area (TPSA) is 35.5 Å². The van der Waals surface area contributed by atoms with Crippen molar-refractivity contribution in [1.82, 2.24) is 19.8 Å². The second-order valence-electron chi connectivity index (χ2n) is 8.60. The van der Waals surface area contributed by atoms with Crippen LogP contribution in [0.25, 0.3) is 0 Å². The van der Waals surface area contributed by atoms with Gasteiger partial charge in [-0.2, -0.15) is 0 Å². The molecule has 1 saturated heterocycles. The second kappa shape index (κ2) is 8.36. The molecule has 1 saturated carbocycles. The number of piperazine rings is 1. The van der Waals surface area contributed by atoms with Gasteiger partial charge in [0.25, 0.3) is 0 Å². The van der Waals surface area contributed by atoms with E-state index in [0.717, 1.165) is 69.5 Å². The highest BCUT2D eigenvalue weighted by Gasteiger charge is 2.29. The summed E-state index contributed by atoms with van der Waals surface area (Å²) < 4.78 is 14.1. The standard InChI is InChI=1S/C23H30FN5/c24-21-7-2-1-4-18(21)16-27-10-8-20-22(9-11-27)25-17-26-23(20)29-14-12-28(13-15-29)19-5-3-6-19/h1-2,4,7,17,19H,3,5-6,8-16H2. The Labute approximate surface area is 172 Å². The molecule has 3 heterocycles. The fourth-order valence-electron chi connectivity index (χ4n) is 4.90. The normalized spacial score (nSPS) is 21.5. The first-order valence-corrected chi connectivity index (χ1v) is 11.1. The first-order valence-electron chi connectivity index (χ1n) is 11.1. The molecular weight excluding hydrogens is 365 g/mol. The van der Waals surface area contributed by atoms with Crippen molar-refractivity contribution >= 4 is 5.82 Å². The minimum absolute atomic E-state index is 0.112. The number of benzene rings is 1. The summed E-state index contributed by atoms with van der Waals surface area (Å²) in [5.74, 6) is 1.02. The molecule has 0 spiro atoms. The van der Waals surface area contributed by atoms with Crippen LogP contribution in [-0.4, -0.2) is 65.1 Å². The fourth-order valence-corrected chi connectivity index (χ4v) is 4.90. The molecule has 0 unspecified atom stereocenters. The maximum atomic E-state index is 14.1. The first-order chi connectivity index (χ1) is 14.3. The molecular formula is C23H30FN5. The Morgan fingerprint density at radius 3 is 2.48 bits per heavy atom. The van der Waals surface area contributed by atoms with Crippen molar-refractivity contribution in [3.05, 3.63) is 53.2 Å². The number of rotatable bonds is 4. The van der Waals surface area contributed by atoms with Crippen LogP contribution in [0.15, 0.2) is 30.6 Å². The third-order valence-corrected chi connectivity index (χ3v) is 6.91. The van der Waals surface area contributed by atoms with Crippen LogP contribution >= 0.6 is 0 Å². The molecule has 154 valence electrons. The molecule has 1 aromatic heterocycles. The number of anilines is 1. The summed E-state index contributed by atoms with van der Waals surface area (Å²) in [6, 6.07) is 7.93. The van der Waals surface area contributed by atoms with Gasteiger partial charge in [0, 0.05) is 69.4 Å². The number of fused-ring (bicyclic) bond motifs is 1. The van der Waals surface area contributed by atoms with Crippen molar-refractivity contribution in [3.63, 3.8) is 0 Å². The zero-order valence-corrected chi connectivity index (χ0v) is 17.1. The number of nitrogens with zero attached hydrogens (tertiary/aromatic N) is 5. The predicted octanol–water partition coefficient (Wildman–Crippen LogP) is 2.89. The smallest absolute Gasteiger partial charge is 0.135 e. The molecule has 3 aliphatic rings. The van der Waals surface area contributed by atoms with E-state index in [0.29, 0.717) is 6.54 Å². The van der Waals surface area contributed by atoms with Crippen molar-refractivity contribution < 1.29 is 4.39 Å². The van der Waals surface area contributed by atoms with Crippen LogP contribution in [-0.2, 0) is 19.4 Å². The summed E-state index contributed by atoms with van der Waals surface area (Å²) in [6.45, 7) is 6.88. The molecule has 6 heteroatoms. The van der Waals surface area contributed by atoms with Gasteiger partial charge in [0.1, 0.15) is 18.0 Å². The van der Waals surface area contributed by atoms with Crippen molar-refractivity contribution in [2.45, 2.75) is 44.7 Å². The van der Waals surface area contributed by atoms with Gasteiger partial charge in [0.15, 0.2) is 0 Å². The van der Waals surface area contributed by atoms with Crippen LogP contribution in [0.2, 0.25) is 0 Å². The Morgan fingerprint density at radius 2 is 1.72 bits per heavy atom. The molecule has 29 heavy (non-hydrogen) atoms. The average molecular weight is 396 g/mol. The van der Waals surface area contributed by atoms with E-state index in [1.807, 2.05) is 12.1 Å². The van der Waals surface area contributed by atoms with E-state index < -0.39 is 0 Å². The lowest BCUT2D eigenvalue weighted by atomic mass is 9.91. The Morgan fingerprint density at radius 1 is 0.931 bits per heavy atom. The molecule has 0 atom stereocenters. The summed E-state index contributed by atoms with van der Waals surface area (Å²) in [6.07, 6.45) is 7.72. The molecule has 2 fully saturated rings. The van der Waals surface area contributed by atoms with Crippen LogP contribution in [0.4, 0.5) is 10.2 Å². The highest BCUT2D eigenvalue weighted by Crippen LogP contribution is 2.29. The van der Waals surface area contributed by atoms with E-state index in [1.165, 1.54) is 30.5 Å². The van der Waals surface area contributed by atoms with Gasteiger partial charge in [-0.25, -0.2) is 14.4 Å². The molecule has 5 nitrogen and oxygen atoms in total. The highest BCUT2D eigenvalue weighted by atomic mass is 19.1. The molecule has 1 aromatic carbocycles. The van der Waals surface area contributed by atoms with Gasteiger partial charge < -0.3 is 4.90 Å². The van der Waals surface area contributed by atoms with Gasteiger partial charge in [-0.15, -0.1) is 0 Å². The molecule has 5 rings (SSSR count). The maximum absolute atomic E-state index is 14.1. The Kier molecular flexibility index (Phi) is 5.46. The van der Waals surface area contributed by atoms with E-state index in [-0.39, 0.29) is 5.82 Å². The third-order valence-electron chi connectivity index (χ3n) is 6.91. The SMILES string of the molecule is Fc1ccccc1CN1CCc2ncnc(N3CCN(C4CCC4)CC3)c2CC1. The first kappa shape index (κ1) is 18.9. The van der Waals surface area contributed by atoms with Gasteiger partial charge in [0.05, 0.1) is 5.69 Å². The van der Waals surface area contributed by atoms with Gasteiger partial charge >= 0.3 is 0 Å². The van der Waals surface area contributed by atoms with Crippen LogP contribution in [0.1, 0.15) is 36.1 Å². The van der Waals surface area contributed by atoms with Crippen LogP contribution in [0.3, 0.4) is 0 Å².